The lowest BCUT2D eigenvalue weighted by molar-refractivity contribution is 1.15. The maximum Gasteiger partial charge on any atom is 0.223 e. The van der Waals surface area contributed by atoms with Crippen molar-refractivity contribution in [2.75, 3.05) is 0 Å². The smallest absolute Gasteiger partial charge is 0.223 e. The maximum atomic E-state index is 5.86. The fraction of sp³-hybridized carbons (Fsp3) is 0.143. The fourth-order valence-corrected chi connectivity index (χ4v) is 1.77. The second kappa shape index (κ2) is 3.76. The molecule has 0 aromatic carbocycles. The van der Waals surface area contributed by atoms with Crippen molar-refractivity contribution in [2.45, 2.75) is 6.92 Å². The average molecular weight is 247 g/mol. The summed E-state index contributed by atoms with van der Waals surface area (Å²) in [5, 5.41) is 1.25. The second-order valence-corrected chi connectivity index (χ2v) is 4.13. The lowest BCUT2D eigenvalue weighted by Crippen LogP contribution is -1.89. The van der Waals surface area contributed by atoms with Crippen molar-refractivity contribution in [3.05, 3.63) is 21.6 Å². The molecule has 0 saturated carbocycles. The molecule has 2 heterocycles. The zero-order valence-corrected chi connectivity index (χ0v) is 9.36. The minimum absolute atomic E-state index is 0.116. The third-order valence-electron chi connectivity index (χ3n) is 1.48. The molecule has 72 valence electrons. The zero-order chi connectivity index (χ0) is 10.1. The van der Waals surface area contributed by atoms with Gasteiger partial charge in [-0.2, -0.15) is 4.37 Å². The largest absolute Gasteiger partial charge is 0.226 e. The molecular weight excluding hydrogens is 243 g/mol. The van der Waals surface area contributed by atoms with E-state index in [9.17, 15) is 0 Å². The van der Waals surface area contributed by atoms with E-state index in [2.05, 4.69) is 19.3 Å². The first kappa shape index (κ1) is 9.76. The summed E-state index contributed by atoms with van der Waals surface area (Å²) in [5.41, 5.74) is 0.598. The molecule has 0 fully saturated rings. The molecule has 0 aliphatic rings. The summed E-state index contributed by atoms with van der Waals surface area (Å²) in [5.74, 6) is 0.536. The van der Waals surface area contributed by atoms with Gasteiger partial charge in [-0.15, -0.1) is 0 Å². The van der Waals surface area contributed by atoms with Crippen molar-refractivity contribution in [3.63, 3.8) is 0 Å². The van der Waals surface area contributed by atoms with Crippen LogP contribution in [0.15, 0.2) is 6.20 Å². The van der Waals surface area contributed by atoms with E-state index in [4.69, 9.17) is 23.2 Å². The lowest BCUT2D eigenvalue weighted by Gasteiger charge is -1.97. The Morgan fingerprint density at radius 3 is 2.64 bits per heavy atom. The molecule has 0 bridgehead atoms. The molecule has 0 amide bonds. The highest BCUT2D eigenvalue weighted by Crippen LogP contribution is 2.24. The summed E-state index contributed by atoms with van der Waals surface area (Å²) in [6.07, 6.45) is 1.51. The van der Waals surface area contributed by atoms with Crippen LogP contribution in [0.25, 0.3) is 11.4 Å². The van der Waals surface area contributed by atoms with Crippen molar-refractivity contribution in [1.82, 2.24) is 19.3 Å². The zero-order valence-electron chi connectivity index (χ0n) is 7.03. The minimum Gasteiger partial charge on any atom is -0.226 e. The van der Waals surface area contributed by atoms with Crippen LogP contribution >= 0.6 is 34.7 Å². The molecule has 0 spiro atoms. The van der Waals surface area contributed by atoms with E-state index in [0.29, 0.717) is 11.4 Å². The first-order valence-electron chi connectivity index (χ1n) is 3.65. The molecule has 0 atom stereocenters. The van der Waals surface area contributed by atoms with Gasteiger partial charge in [0.1, 0.15) is 10.2 Å². The average Bonchev–Trinajstić information content (AvgIpc) is 2.51. The van der Waals surface area contributed by atoms with Gasteiger partial charge in [0.25, 0.3) is 0 Å². The van der Waals surface area contributed by atoms with Gasteiger partial charge in [-0.25, -0.2) is 15.0 Å². The Morgan fingerprint density at radius 2 is 2.07 bits per heavy atom. The van der Waals surface area contributed by atoms with Crippen LogP contribution in [0.3, 0.4) is 0 Å². The monoisotopic (exact) mass is 246 g/mol. The predicted octanol–water partition coefficient (Wildman–Crippen LogP) is 2.61. The molecule has 2 aromatic rings. The van der Waals surface area contributed by atoms with E-state index in [1.54, 1.807) is 0 Å². The summed E-state index contributed by atoms with van der Waals surface area (Å²) in [6.45, 7) is 1.87. The predicted molar refractivity (Wildman–Crippen MR) is 55.7 cm³/mol. The summed E-state index contributed by atoms with van der Waals surface area (Å²) >= 11 is 12.7. The summed E-state index contributed by atoms with van der Waals surface area (Å²) < 4.78 is 4.10. The van der Waals surface area contributed by atoms with Gasteiger partial charge in [-0.05, 0) is 30.1 Å². The molecule has 2 rings (SSSR count). The molecule has 0 N–H and O–H groups in total. The molecule has 0 aliphatic carbocycles. The number of nitrogens with zero attached hydrogens (tertiary/aromatic N) is 4. The van der Waals surface area contributed by atoms with Gasteiger partial charge in [0.15, 0.2) is 5.82 Å². The number of aryl methyl sites for hydroxylation is 1. The highest BCUT2D eigenvalue weighted by molar-refractivity contribution is 7.05. The number of hydrogen-bond donors (Lipinski definition) is 0. The fourth-order valence-electron chi connectivity index (χ4n) is 0.900. The van der Waals surface area contributed by atoms with Crippen LogP contribution in [-0.4, -0.2) is 19.3 Å². The van der Waals surface area contributed by atoms with E-state index in [0.717, 1.165) is 5.01 Å². The quantitative estimate of drug-likeness (QED) is 0.574. The van der Waals surface area contributed by atoms with Crippen LogP contribution in [0.5, 0.6) is 0 Å². The molecule has 2 aromatic heterocycles. The number of rotatable bonds is 1. The van der Waals surface area contributed by atoms with Crippen LogP contribution in [0.2, 0.25) is 10.4 Å². The SMILES string of the molecule is Cc1nc(-c2cnc(Cl)nc2Cl)ns1. The Balaban J connectivity index is 2.52. The van der Waals surface area contributed by atoms with Crippen molar-refractivity contribution >= 4 is 34.7 Å². The van der Waals surface area contributed by atoms with E-state index >= 15 is 0 Å². The van der Waals surface area contributed by atoms with Gasteiger partial charge in [0.05, 0.1) is 5.56 Å². The van der Waals surface area contributed by atoms with Crippen LogP contribution in [0.4, 0.5) is 0 Å². The Hall–Kier alpha value is -0.780. The van der Waals surface area contributed by atoms with Gasteiger partial charge >= 0.3 is 0 Å². The highest BCUT2D eigenvalue weighted by Gasteiger charge is 2.10. The maximum absolute atomic E-state index is 5.86. The van der Waals surface area contributed by atoms with E-state index < -0.39 is 0 Å². The standard InChI is InChI=1S/C7H4Cl2N4S/c1-3-11-6(13-14-3)4-2-10-7(9)12-5(4)8/h2H,1H3. The van der Waals surface area contributed by atoms with E-state index in [1.807, 2.05) is 6.92 Å². The molecule has 7 heteroatoms. The summed E-state index contributed by atoms with van der Waals surface area (Å²) in [7, 11) is 0. The summed E-state index contributed by atoms with van der Waals surface area (Å²) in [4.78, 5) is 11.8. The second-order valence-electron chi connectivity index (χ2n) is 2.48. The van der Waals surface area contributed by atoms with Gasteiger partial charge in [0.2, 0.25) is 5.28 Å². The Labute approximate surface area is 94.1 Å². The van der Waals surface area contributed by atoms with Crippen molar-refractivity contribution < 1.29 is 0 Å². The lowest BCUT2D eigenvalue weighted by atomic mass is 10.3. The first-order valence-corrected chi connectivity index (χ1v) is 5.18. The minimum atomic E-state index is 0.116. The Morgan fingerprint density at radius 1 is 1.29 bits per heavy atom. The number of halogens is 2. The van der Waals surface area contributed by atoms with Gasteiger partial charge < -0.3 is 0 Å². The van der Waals surface area contributed by atoms with Crippen molar-refractivity contribution in [3.8, 4) is 11.4 Å². The van der Waals surface area contributed by atoms with Crippen LogP contribution < -0.4 is 0 Å². The van der Waals surface area contributed by atoms with Crippen molar-refractivity contribution in [1.29, 1.82) is 0 Å². The highest BCUT2D eigenvalue weighted by atomic mass is 35.5. The normalized spacial score (nSPS) is 10.5. The molecule has 0 saturated heterocycles. The topological polar surface area (TPSA) is 51.6 Å². The van der Waals surface area contributed by atoms with Crippen LogP contribution in [-0.2, 0) is 0 Å². The Kier molecular flexibility index (Phi) is 2.62. The number of hydrogen-bond acceptors (Lipinski definition) is 5. The van der Waals surface area contributed by atoms with Gasteiger partial charge in [0, 0.05) is 6.20 Å². The van der Waals surface area contributed by atoms with Gasteiger partial charge in [-0.3, -0.25) is 0 Å². The van der Waals surface area contributed by atoms with Crippen LogP contribution in [0.1, 0.15) is 5.01 Å². The Bertz CT molecular complexity index is 470. The molecule has 14 heavy (non-hydrogen) atoms. The third-order valence-corrected chi connectivity index (χ3v) is 2.57. The molecule has 0 aliphatic heterocycles. The van der Waals surface area contributed by atoms with E-state index in [1.165, 1.54) is 17.7 Å². The van der Waals surface area contributed by atoms with Crippen LogP contribution in [0, 0.1) is 6.92 Å². The van der Waals surface area contributed by atoms with Crippen molar-refractivity contribution in [2.24, 2.45) is 0 Å². The molecule has 4 nitrogen and oxygen atoms in total. The molecule has 0 unspecified atom stereocenters. The van der Waals surface area contributed by atoms with Gasteiger partial charge in [-0.1, -0.05) is 11.6 Å². The first-order chi connectivity index (χ1) is 6.66. The van der Waals surface area contributed by atoms with E-state index in [-0.39, 0.29) is 10.4 Å². The number of aromatic nitrogens is 4. The molecular formula is C7H4Cl2N4S. The third kappa shape index (κ3) is 1.84. The summed E-state index contributed by atoms with van der Waals surface area (Å²) in [6, 6.07) is 0. The molecule has 0 radical (unpaired) electrons.